The first-order valence-electron chi connectivity index (χ1n) is 38.4. The summed E-state index contributed by atoms with van der Waals surface area (Å²) in [5.41, 5.74) is 0.424. The van der Waals surface area contributed by atoms with Crippen LogP contribution in [0.15, 0.2) is 72.9 Å². The molecule has 5 rings (SSSR count). The van der Waals surface area contributed by atoms with E-state index in [0.29, 0.717) is 24.0 Å². The van der Waals surface area contributed by atoms with Crippen LogP contribution in [-0.4, -0.2) is 250 Å². The predicted octanol–water partition coefficient (Wildman–Crippen LogP) is -0.695. The van der Waals surface area contributed by atoms with Gasteiger partial charge < -0.3 is 98.4 Å². The standard InChI is InChI=1S/C77H116N14O20S2/c1-15-41(6)33-50-67(99)87-60(40(4)5)76(108)90(13)63(47(12)110-14)74(106)85-54(37-92)77(109)111-46(11)62-73(105)84-53(36-49-27-22-19-23-28-49)75(107)91-32-24-29-57(91)71(103)86-56(70(102)88-61(43(8)17-3)72(104)79-45(10)65(97)81-50)39-113-112-38-55(80-58(93)30-31-59(94)95)69(101)83-52(35-48-25-20-18-21-26-48)66(98)78-44(9)64(96)82-51(68(100)89-62)34-42(7)16-2/h18-23,25-28,40-44,46-47,50-57,59-63,92,94-95H,10,15-17,24,29-39H2,1-9,11-14H3,(H,78,98)(H,79,104)(H,80,93)(H,81,97)(H,82,96)(H,83,101)(H,84,105)(H,85,106)(H,86,103)(H,87,99)(H,88,102)(H,89,100)/t41-,42+,43+,44-,46-,47-,50+,51+,52-,53-,54+,55+,56+,57+,60-,61+,62-,63+/m1/s1. The Kier molecular flexibility index (Phi) is 38.6. The van der Waals surface area contributed by atoms with Crippen molar-refractivity contribution >= 4 is 110 Å². The first-order valence-corrected chi connectivity index (χ1v) is 40.9. The van der Waals surface area contributed by atoms with Gasteiger partial charge in [0.1, 0.15) is 78.6 Å². The fourth-order valence-electron chi connectivity index (χ4n) is 12.7. The van der Waals surface area contributed by atoms with Gasteiger partial charge in [-0.2, -0.15) is 0 Å². The Morgan fingerprint density at radius 3 is 1.71 bits per heavy atom. The summed E-state index contributed by atoms with van der Waals surface area (Å²) < 4.78 is 11.5. The Bertz CT molecular complexity index is 3640. The lowest BCUT2D eigenvalue weighted by Crippen LogP contribution is -2.63. The molecule has 34 nitrogen and oxygen atoms in total. The second-order valence-corrected chi connectivity index (χ2v) is 32.1. The number of hydrogen-bond donors (Lipinski definition) is 15. The van der Waals surface area contributed by atoms with Crippen LogP contribution in [0.5, 0.6) is 0 Å². The van der Waals surface area contributed by atoms with Gasteiger partial charge in [-0.3, -0.25) is 67.1 Å². The van der Waals surface area contributed by atoms with Crippen molar-refractivity contribution in [2.75, 3.05) is 38.8 Å². The summed E-state index contributed by atoms with van der Waals surface area (Å²) >= 11 is 0. The Morgan fingerprint density at radius 1 is 0.602 bits per heavy atom. The summed E-state index contributed by atoms with van der Waals surface area (Å²) in [4.78, 5) is 224. The van der Waals surface area contributed by atoms with E-state index in [2.05, 4.69) is 70.4 Å². The monoisotopic (exact) mass is 1620 g/mol. The smallest absolute Gasteiger partial charge is 0.331 e. The molecule has 0 saturated carbocycles. The summed E-state index contributed by atoms with van der Waals surface area (Å²) in [6.07, 6.45) is -5.11. The third-order valence-corrected chi connectivity index (χ3v) is 22.8. The molecule has 2 aromatic carbocycles. The van der Waals surface area contributed by atoms with Crippen LogP contribution in [0, 0.1) is 23.7 Å². The zero-order valence-corrected chi connectivity index (χ0v) is 68.3. The lowest BCUT2D eigenvalue weighted by atomic mass is 9.96. The van der Waals surface area contributed by atoms with E-state index in [-0.39, 0.29) is 74.8 Å². The van der Waals surface area contributed by atoms with E-state index in [9.17, 15) is 63.3 Å². The highest BCUT2D eigenvalue weighted by molar-refractivity contribution is 8.76. The molecule has 3 fully saturated rings. The van der Waals surface area contributed by atoms with Gasteiger partial charge >= 0.3 is 5.97 Å². The number of esters is 1. The second-order valence-electron chi connectivity index (χ2n) is 29.6. The summed E-state index contributed by atoms with van der Waals surface area (Å²) in [6.45, 7) is 20.2. The van der Waals surface area contributed by atoms with E-state index in [1.54, 1.807) is 102 Å². The molecule has 3 saturated heterocycles. The average molecular weight is 1620 g/mol. The van der Waals surface area contributed by atoms with Crippen molar-refractivity contribution in [2.45, 2.75) is 244 Å². The van der Waals surface area contributed by atoms with Crippen LogP contribution in [0.2, 0.25) is 0 Å². The lowest BCUT2D eigenvalue weighted by Gasteiger charge is -2.36. The molecule has 3 heterocycles. The van der Waals surface area contributed by atoms with E-state index in [1.807, 2.05) is 13.8 Å². The van der Waals surface area contributed by atoms with Crippen LogP contribution in [-0.2, 0) is 94.2 Å². The Labute approximate surface area is 667 Å². The summed E-state index contributed by atoms with van der Waals surface area (Å²) in [6, 6.07) is -4.02. The van der Waals surface area contributed by atoms with E-state index in [1.165, 1.54) is 39.8 Å². The fraction of sp³-hybridized carbons (Fsp3) is 0.623. The number of aliphatic hydroxyl groups is 3. The van der Waals surface area contributed by atoms with Gasteiger partial charge in [0.05, 0.1) is 18.4 Å². The molecular formula is C77H116N14O20S2. The molecule has 2 aromatic rings. The van der Waals surface area contributed by atoms with E-state index < -0.39 is 223 Å². The molecule has 0 aliphatic carbocycles. The van der Waals surface area contributed by atoms with Crippen molar-refractivity contribution in [1.29, 1.82) is 0 Å². The van der Waals surface area contributed by atoms with Gasteiger partial charge in [0.25, 0.3) is 5.91 Å². The summed E-state index contributed by atoms with van der Waals surface area (Å²) in [5, 5.41) is 61.9. The number of ether oxygens (including phenoxy) is 2. The number of carbonyl (C=O) groups excluding carboxylic acids is 15. The maximum atomic E-state index is 15.6. The molecule has 15 N–H and O–H groups in total. The molecular weight excluding hydrogens is 1510 g/mol. The molecule has 0 aromatic heterocycles. The van der Waals surface area contributed by atoms with Gasteiger partial charge in [-0.1, -0.05) is 163 Å². The first kappa shape index (κ1) is 94.4. The first-order chi connectivity index (χ1) is 53.5. The molecule has 2 bridgehead atoms. The van der Waals surface area contributed by atoms with Gasteiger partial charge in [-0.15, -0.1) is 0 Å². The lowest BCUT2D eigenvalue weighted by molar-refractivity contribution is -0.158. The average Bonchev–Trinajstić information content (AvgIpc) is 1.75. The van der Waals surface area contributed by atoms with Gasteiger partial charge in [0.2, 0.25) is 76.8 Å². The molecule has 3 aliphatic rings. The molecule has 0 unspecified atom stereocenters. The number of nitrogens with one attached hydrogen (secondary N) is 12. The van der Waals surface area contributed by atoms with Crippen LogP contribution in [0.1, 0.15) is 145 Å². The quantitative estimate of drug-likeness (QED) is 0.0337. The van der Waals surface area contributed by atoms with Crippen molar-refractivity contribution in [3.8, 4) is 0 Å². The van der Waals surface area contributed by atoms with Crippen LogP contribution < -0.4 is 63.8 Å². The minimum atomic E-state index is -2.04. The Balaban J connectivity index is 1.80. The van der Waals surface area contributed by atoms with Gasteiger partial charge in [-0.25, -0.2) is 4.79 Å². The molecule has 36 heteroatoms. The number of amides is 14. The number of fused-ring (bicyclic) bond motifs is 6. The Hall–Kier alpha value is -9.23. The van der Waals surface area contributed by atoms with Crippen molar-refractivity contribution in [1.82, 2.24) is 73.6 Å². The highest BCUT2D eigenvalue weighted by Gasteiger charge is 2.45. The molecule has 14 amide bonds. The van der Waals surface area contributed by atoms with Crippen molar-refractivity contribution in [2.24, 2.45) is 23.7 Å². The maximum Gasteiger partial charge on any atom is 0.331 e. The minimum absolute atomic E-state index is 0.0106. The van der Waals surface area contributed by atoms with Crippen molar-refractivity contribution in [3.05, 3.63) is 84.1 Å². The highest BCUT2D eigenvalue weighted by atomic mass is 33.1. The van der Waals surface area contributed by atoms with E-state index in [4.69, 9.17) is 9.47 Å². The fourth-order valence-corrected chi connectivity index (χ4v) is 15.0. The van der Waals surface area contributed by atoms with Gasteiger partial charge in [0.15, 0.2) is 12.3 Å². The minimum Gasteiger partial charge on any atom is -0.458 e. The predicted molar refractivity (Wildman–Crippen MR) is 420 cm³/mol. The number of rotatable bonds is 20. The molecule has 3 aliphatic heterocycles. The maximum absolute atomic E-state index is 15.6. The number of aliphatic hydroxyl groups excluding tert-OH is 2. The molecule has 0 spiro atoms. The van der Waals surface area contributed by atoms with Gasteiger partial charge in [0, 0.05) is 57.9 Å². The van der Waals surface area contributed by atoms with E-state index >= 15 is 24.0 Å². The number of methoxy groups -OCH3 is 1. The van der Waals surface area contributed by atoms with Crippen LogP contribution in [0.25, 0.3) is 0 Å². The van der Waals surface area contributed by atoms with Crippen molar-refractivity contribution < 1.29 is 96.7 Å². The number of nitrogens with zero attached hydrogens (tertiary/aromatic N) is 2. The number of carbonyl (C=O) groups is 15. The van der Waals surface area contributed by atoms with Crippen LogP contribution in [0.4, 0.5) is 0 Å². The zero-order valence-electron chi connectivity index (χ0n) is 66.6. The summed E-state index contributed by atoms with van der Waals surface area (Å²) in [5.74, 6) is -17.6. The van der Waals surface area contributed by atoms with Crippen LogP contribution in [0.3, 0.4) is 0 Å². The number of hydrogen-bond acceptors (Lipinski definition) is 22. The number of cyclic esters (lactones) is 1. The molecule has 18 atom stereocenters. The third kappa shape index (κ3) is 28.7. The SMILES string of the molecule is C=C1NC(=O)[C@H]([C@@H](C)CC)NC(=O)[C@@H]2CSSC[C@H](NC(=O)CCC(O)O)C(=O)N[C@H](Cc3ccccc3)C(=O)N[C@H](C)C(=O)N[C@@H](C[C@@H](C)CC)C(=O)N[C@@H](C(=O)N[C@H](Cc3ccccc3)C(=O)N3CCC[C@H]3C(=O)N2)[C@@H](C)OC(=O)[C@H](CO)NC(=O)[C@H]([C@@H](C)OC)N(C)C(=O)[C@@H](C(C)C)NC(=O)[C@H](C[C@H](C)CC)NC1=O. The zero-order chi connectivity index (χ0) is 84.1. The van der Waals surface area contributed by atoms with Crippen molar-refractivity contribution in [3.63, 3.8) is 0 Å². The largest absolute Gasteiger partial charge is 0.458 e. The summed E-state index contributed by atoms with van der Waals surface area (Å²) in [7, 11) is 4.28. The molecule has 626 valence electrons. The normalized spacial score (nSPS) is 27.5. The van der Waals surface area contributed by atoms with E-state index in [0.717, 1.165) is 26.5 Å². The number of benzene rings is 2. The second kappa shape index (κ2) is 46.2. The molecule has 113 heavy (non-hydrogen) atoms. The number of likely N-dealkylation sites (N-methyl/N-ethyl adjacent to an activating group) is 1. The van der Waals surface area contributed by atoms with Crippen LogP contribution >= 0.6 is 21.6 Å². The highest BCUT2D eigenvalue weighted by Crippen LogP contribution is 2.27. The third-order valence-electron chi connectivity index (χ3n) is 20.4. The van der Waals surface area contributed by atoms with Gasteiger partial charge in [-0.05, 0) is 81.3 Å². The Morgan fingerprint density at radius 2 is 1.14 bits per heavy atom. The molecule has 0 radical (unpaired) electrons. The topological polar surface area (TPSA) is 486 Å².